The Labute approximate surface area is 158 Å². The van der Waals surface area contributed by atoms with Crippen LogP contribution < -0.4 is 5.32 Å². The number of nitrogens with one attached hydrogen (secondary N) is 1. The Bertz CT molecular complexity index is 633. The summed E-state index contributed by atoms with van der Waals surface area (Å²) in [4.78, 5) is 10.9. The van der Waals surface area contributed by atoms with Crippen LogP contribution in [0.3, 0.4) is 0 Å². The Morgan fingerprint density at radius 1 is 1.39 bits per heavy atom. The standard InChI is InChI=1S/C15H23N5OS.HI/c1-10-14(11(2)21-19-10)6-7-17-15(16-4)20(5)8-13-9-22-12(3)18-13;/h9H,6-8H2,1-5H3,(H,16,17);1H. The number of guanidine groups is 1. The van der Waals surface area contributed by atoms with Crippen molar-refractivity contribution in [1.29, 1.82) is 0 Å². The molecule has 0 fully saturated rings. The van der Waals surface area contributed by atoms with E-state index >= 15 is 0 Å². The van der Waals surface area contributed by atoms with Gasteiger partial charge in [0.05, 0.1) is 22.9 Å². The molecule has 2 heterocycles. The van der Waals surface area contributed by atoms with Crippen LogP contribution in [0, 0.1) is 20.8 Å². The molecule has 1 N–H and O–H groups in total. The third-order valence-electron chi connectivity index (χ3n) is 3.48. The first kappa shape index (κ1) is 19.9. The van der Waals surface area contributed by atoms with E-state index < -0.39 is 0 Å². The minimum Gasteiger partial charge on any atom is -0.361 e. The van der Waals surface area contributed by atoms with Gasteiger partial charge in [-0.15, -0.1) is 35.3 Å². The van der Waals surface area contributed by atoms with E-state index in [2.05, 4.69) is 30.7 Å². The highest BCUT2D eigenvalue weighted by Gasteiger charge is 2.11. The van der Waals surface area contributed by atoms with Gasteiger partial charge >= 0.3 is 0 Å². The summed E-state index contributed by atoms with van der Waals surface area (Å²) in [5.74, 6) is 1.75. The van der Waals surface area contributed by atoms with Crippen molar-refractivity contribution in [1.82, 2.24) is 20.4 Å². The van der Waals surface area contributed by atoms with Gasteiger partial charge in [-0.2, -0.15) is 0 Å². The fourth-order valence-electron chi connectivity index (χ4n) is 2.34. The lowest BCUT2D eigenvalue weighted by Crippen LogP contribution is -2.39. The maximum Gasteiger partial charge on any atom is 0.193 e. The van der Waals surface area contributed by atoms with Gasteiger partial charge in [0.2, 0.25) is 0 Å². The summed E-state index contributed by atoms with van der Waals surface area (Å²) in [6.07, 6.45) is 0.865. The molecule has 2 rings (SSSR count). The van der Waals surface area contributed by atoms with E-state index in [1.807, 2.05) is 27.8 Å². The minimum absolute atomic E-state index is 0. The first-order chi connectivity index (χ1) is 10.5. The van der Waals surface area contributed by atoms with E-state index in [0.29, 0.717) is 0 Å². The quantitative estimate of drug-likeness (QED) is 0.432. The average molecular weight is 449 g/mol. The Morgan fingerprint density at radius 3 is 2.65 bits per heavy atom. The number of nitrogens with zero attached hydrogens (tertiary/aromatic N) is 4. The average Bonchev–Trinajstić information content (AvgIpc) is 3.02. The lowest BCUT2D eigenvalue weighted by atomic mass is 10.1. The zero-order valence-electron chi connectivity index (χ0n) is 14.2. The molecule has 128 valence electrons. The Morgan fingerprint density at radius 2 is 2.13 bits per heavy atom. The molecule has 2 aromatic heterocycles. The predicted molar refractivity (Wildman–Crippen MR) is 105 cm³/mol. The first-order valence-electron chi connectivity index (χ1n) is 7.25. The fourth-order valence-corrected chi connectivity index (χ4v) is 2.95. The van der Waals surface area contributed by atoms with Crippen molar-refractivity contribution in [3.8, 4) is 0 Å². The first-order valence-corrected chi connectivity index (χ1v) is 8.13. The molecule has 0 amide bonds. The van der Waals surface area contributed by atoms with Gasteiger partial charge in [0.1, 0.15) is 5.76 Å². The van der Waals surface area contributed by atoms with Crippen molar-refractivity contribution in [2.24, 2.45) is 4.99 Å². The molecular formula is C15H24IN5OS. The predicted octanol–water partition coefficient (Wildman–Crippen LogP) is 2.92. The van der Waals surface area contributed by atoms with Crippen molar-refractivity contribution in [3.63, 3.8) is 0 Å². The summed E-state index contributed by atoms with van der Waals surface area (Å²) in [7, 11) is 3.81. The lowest BCUT2D eigenvalue weighted by Gasteiger charge is -2.21. The SMILES string of the molecule is CN=C(NCCc1c(C)noc1C)N(C)Cc1csc(C)n1.I. The third kappa shape index (κ3) is 5.45. The maximum absolute atomic E-state index is 5.18. The van der Waals surface area contributed by atoms with Crippen LogP contribution in [0.25, 0.3) is 0 Å². The second kappa shape index (κ2) is 9.21. The largest absolute Gasteiger partial charge is 0.361 e. The highest BCUT2D eigenvalue weighted by molar-refractivity contribution is 14.0. The van der Waals surface area contributed by atoms with Gasteiger partial charge < -0.3 is 14.7 Å². The number of thiazole rings is 1. The highest BCUT2D eigenvalue weighted by Crippen LogP contribution is 2.12. The molecule has 0 spiro atoms. The number of halogens is 1. The van der Waals surface area contributed by atoms with E-state index in [9.17, 15) is 0 Å². The second-order valence-corrected chi connectivity index (χ2v) is 6.30. The molecule has 0 bridgehead atoms. The van der Waals surface area contributed by atoms with Crippen LogP contribution >= 0.6 is 35.3 Å². The normalized spacial score (nSPS) is 11.3. The lowest BCUT2D eigenvalue weighted by molar-refractivity contribution is 0.392. The van der Waals surface area contributed by atoms with Gasteiger partial charge in [-0.1, -0.05) is 5.16 Å². The Balaban J connectivity index is 0.00000264. The molecule has 0 saturated heterocycles. The molecule has 2 aromatic rings. The Hall–Kier alpha value is -1.16. The van der Waals surface area contributed by atoms with Gasteiger partial charge in [-0.05, 0) is 27.2 Å². The summed E-state index contributed by atoms with van der Waals surface area (Å²) in [5, 5.41) is 10.5. The van der Waals surface area contributed by atoms with Crippen molar-refractivity contribution < 1.29 is 4.52 Å². The Kier molecular flexibility index (Phi) is 7.97. The molecule has 23 heavy (non-hydrogen) atoms. The zero-order chi connectivity index (χ0) is 16.1. The summed E-state index contributed by atoms with van der Waals surface area (Å²) in [6, 6.07) is 0. The van der Waals surface area contributed by atoms with Gasteiger partial charge in [0.25, 0.3) is 0 Å². The van der Waals surface area contributed by atoms with Crippen LogP contribution in [0.15, 0.2) is 14.9 Å². The molecule has 0 aliphatic carbocycles. The minimum atomic E-state index is 0. The van der Waals surface area contributed by atoms with E-state index in [4.69, 9.17) is 4.52 Å². The molecule has 6 nitrogen and oxygen atoms in total. The van der Waals surface area contributed by atoms with Gasteiger partial charge in [0.15, 0.2) is 5.96 Å². The number of aromatic nitrogens is 2. The molecule has 0 aliphatic heterocycles. The van der Waals surface area contributed by atoms with Gasteiger partial charge in [-0.3, -0.25) is 4.99 Å². The third-order valence-corrected chi connectivity index (χ3v) is 4.30. The van der Waals surface area contributed by atoms with Crippen molar-refractivity contribution >= 4 is 41.3 Å². The van der Waals surface area contributed by atoms with Crippen molar-refractivity contribution in [2.45, 2.75) is 33.7 Å². The summed E-state index contributed by atoms with van der Waals surface area (Å²) < 4.78 is 5.18. The molecule has 0 radical (unpaired) electrons. The number of aryl methyl sites for hydroxylation is 3. The molecular weight excluding hydrogens is 425 g/mol. The van der Waals surface area contributed by atoms with E-state index in [1.54, 1.807) is 18.4 Å². The van der Waals surface area contributed by atoms with E-state index in [-0.39, 0.29) is 24.0 Å². The maximum atomic E-state index is 5.18. The summed E-state index contributed by atoms with van der Waals surface area (Å²) in [5.41, 5.74) is 3.19. The molecule has 0 saturated carbocycles. The van der Waals surface area contributed by atoms with Crippen LogP contribution in [0.5, 0.6) is 0 Å². The van der Waals surface area contributed by atoms with Crippen LogP contribution in [0.2, 0.25) is 0 Å². The topological polar surface area (TPSA) is 66.6 Å². The molecule has 8 heteroatoms. The molecule has 0 atom stereocenters. The monoisotopic (exact) mass is 449 g/mol. The molecule has 0 aromatic carbocycles. The second-order valence-electron chi connectivity index (χ2n) is 5.24. The number of hydrogen-bond donors (Lipinski definition) is 1. The van der Waals surface area contributed by atoms with Crippen LogP contribution in [-0.2, 0) is 13.0 Å². The van der Waals surface area contributed by atoms with Crippen molar-refractivity contribution in [3.05, 3.63) is 33.1 Å². The van der Waals surface area contributed by atoms with E-state index in [0.717, 1.165) is 47.6 Å². The summed E-state index contributed by atoms with van der Waals surface area (Å²) in [6.45, 7) is 7.47. The number of aliphatic imine (C=N–C) groups is 1. The van der Waals surface area contributed by atoms with Crippen molar-refractivity contribution in [2.75, 3.05) is 20.6 Å². The summed E-state index contributed by atoms with van der Waals surface area (Å²) >= 11 is 1.67. The highest BCUT2D eigenvalue weighted by atomic mass is 127. The van der Waals surface area contributed by atoms with Crippen LogP contribution in [0.1, 0.15) is 27.7 Å². The fraction of sp³-hybridized carbons (Fsp3) is 0.533. The molecule has 0 unspecified atom stereocenters. The van der Waals surface area contributed by atoms with Crippen LogP contribution in [0.4, 0.5) is 0 Å². The van der Waals surface area contributed by atoms with Gasteiger partial charge in [0, 0.05) is 31.6 Å². The number of hydrogen-bond acceptors (Lipinski definition) is 5. The molecule has 0 aliphatic rings. The van der Waals surface area contributed by atoms with Gasteiger partial charge in [-0.25, -0.2) is 4.98 Å². The zero-order valence-corrected chi connectivity index (χ0v) is 17.4. The smallest absolute Gasteiger partial charge is 0.193 e. The van der Waals surface area contributed by atoms with E-state index in [1.165, 1.54) is 5.56 Å². The number of rotatable bonds is 5. The van der Waals surface area contributed by atoms with Crippen LogP contribution in [-0.4, -0.2) is 41.6 Å².